The van der Waals surface area contributed by atoms with Crippen LogP contribution in [-0.2, 0) is 7.05 Å². The zero-order chi connectivity index (χ0) is 17.8. The number of piperidine rings is 1. The first-order valence-electron chi connectivity index (χ1n) is 9.06. The molecule has 0 radical (unpaired) electrons. The minimum absolute atomic E-state index is 0.0769. The lowest BCUT2D eigenvalue weighted by Gasteiger charge is -2.29. The molecule has 1 saturated heterocycles. The molecule has 0 aliphatic carbocycles. The number of amides is 1. The van der Waals surface area contributed by atoms with Gasteiger partial charge in [0.15, 0.2) is 0 Å². The van der Waals surface area contributed by atoms with Gasteiger partial charge in [0, 0.05) is 31.4 Å². The van der Waals surface area contributed by atoms with E-state index in [0.717, 1.165) is 18.9 Å². The van der Waals surface area contributed by atoms with Gasteiger partial charge < -0.3 is 10.2 Å². The van der Waals surface area contributed by atoms with Crippen LogP contribution >= 0.6 is 0 Å². The molecule has 6 nitrogen and oxygen atoms in total. The van der Waals surface area contributed by atoms with Crippen molar-refractivity contribution in [1.29, 1.82) is 0 Å². The summed E-state index contributed by atoms with van der Waals surface area (Å²) >= 11 is 0. The fourth-order valence-electron chi connectivity index (χ4n) is 3.32. The van der Waals surface area contributed by atoms with Gasteiger partial charge in [0.25, 0.3) is 5.91 Å². The zero-order valence-electron chi connectivity index (χ0n) is 15.3. The third-order valence-electron chi connectivity index (χ3n) is 4.83. The van der Waals surface area contributed by atoms with Crippen LogP contribution in [0.3, 0.4) is 0 Å². The van der Waals surface area contributed by atoms with E-state index in [1.807, 2.05) is 31.3 Å². The highest BCUT2D eigenvalue weighted by Gasteiger charge is 2.23. The van der Waals surface area contributed by atoms with Crippen molar-refractivity contribution in [2.24, 2.45) is 13.0 Å². The van der Waals surface area contributed by atoms with E-state index in [9.17, 15) is 4.79 Å². The van der Waals surface area contributed by atoms with E-state index in [1.165, 1.54) is 31.3 Å². The van der Waals surface area contributed by atoms with E-state index in [0.29, 0.717) is 5.56 Å². The largest absolute Gasteiger partial charge is 0.372 e. The Hall–Kier alpha value is -2.37. The Balaban J connectivity index is 1.70. The summed E-state index contributed by atoms with van der Waals surface area (Å²) in [6.07, 6.45) is 5.33. The molecule has 0 unspecified atom stereocenters. The molecule has 1 aliphatic heterocycles. The number of carbonyl (C=O) groups excluding carboxylic acids is 1. The van der Waals surface area contributed by atoms with Crippen molar-refractivity contribution in [3.05, 3.63) is 42.0 Å². The standard InChI is InChI=1S/C19H27N5O/c1-14(2)17(18-20-13-21-23(18)3)22-19(25)15-7-9-16(10-8-15)24-11-5-4-6-12-24/h7-10,13-14,17H,4-6,11-12H2,1-3H3,(H,22,25)/t17-/m1/s1. The van der Waals surface area contributed by atoms with Crippen molar-refractivity contribution in [1.82, 2.24) is 20.1 Å². The molecule has 2 heterocycles. The summed E-state index contributed by atoms with van der Waals surface area (Å²) in [5, 5.41) is 7.21. The summed E-state index contributed by atoms with van der Waals surface area (Å²) < 4.78 is 1.71. The van der Waals surface area contributed by atoms with Crippen LogP contribution in [0, 0.1) is 5.92 Å². The van der Waals surface area contributed by atoms with Crippen molar-refractivity contribution in [3.63, 3.8) is 0 Å². The summed E-state index contributed by atoms with van der Waals surface area (Å²) in [4.78, 5) is 19.4. The zero-order valence-corrected chi connectivity index (χ0v) is 15.3. The number of rotatable bonds is 5. The fourth-order valence-corrected chi connectivity index (χ4v) is 3.32. The van der Waals surface area contributed by atoms with Crippen molar-refractivity contribution >= 4 is 11.6 Å². The summed E-state index contributed by atoms with van der Waals surface area (Å²) in [6.45, 7) is 6.35. The Morgan fingerprint density at radius 1 is 1.12 bits per heavy atom. The molecule has 1 aliphatic rings. The lowest BCUT2D eigenvalue weighted by atomic mass is 10.0. The predicted molar refractivity (Wildman–Crippen MR) is 98.6 cm³/mol. The van der Waals surface area contributed by atoms with Crippen LogP contribution < -0.4 is 10.2 Å². The van der Waals surface area contributed by atoms with Gasteiger partial charge in [-0.25, -0.2) is 4.98 Å². The molecule has 1 aromatic heterocycles. The number of hydrogen-bond acceptors (Lipinski definition) is 4. The smallest absolute Gasteiger partial charge is 0.251 e. The highest BCUT2D eigenvalue weighted by atomic mass is 16.1. The van der Waals surface area contributed by atoms with E-state index in [2.05, 4.69) is 34.1 Å². The van der Waals surface area contributed by atoms with Gasteiger partial charge in [0.1, 0.15) is 12.2 Å². The Morgan fingerprint density at radius 2 is 1.80 bits per heavy atom. The number of nitrogens with one attached hydrogen (secondary N) is 1. The molecule has 1 fully saturated rings. The van der Waals surface area contributed by atoms with E-state index < -0.39 is 0 Å². The first-order chi connectivity index (χ1) is 12.1. The topological polar surface area (TPSA) is 63.1 Å². The van der Waals surface area contributed by atoms with Gasteiger partial charge in [0.05, 0.1) is 6.04 Å². The van der Waals surface area contributed by atoms with Gasteiger partial charge in [-0.2, -0.15) is 5.10 Å². The molecule has 134 valence electrons. The normalized spacial score (nSPS) is 16.1. The number of aromatic nitrogens is 3. The maximum Gasteiger partial charge on any atom is 0.251 e. The number of nitrogens with zero attached hydrogens (tertiary/aromatic N) is 4. The van der Waals surface area contributed by atoms with Crippen molar-refractivity contribution in [2.45, 2.75) is 39.2 Å². The Morgan fingerprint density at radius 3 is 2.36 bits per heavy atom. The average Bonchev–Trinajstić information content (AvgIpc) is 3.05. The van der Waals surface area contributed by atoms with Crippen LogP contribution in [0.4, 0.5) is 5.69 Å². The molecule has 1 atom stereocenters. The number of anilines is 1. The van der Waals surface area contributed by atoms with Crippen LogP contribution in [0.5, 0.6) is 0 Å². The summed E-state index contributed by atoms with van der Waals surface area (Å²) in [5.41, 5.74) is 1.87. The number of benzene rings is 1. The highest BCUT2D eigenvalue weighted by molar-refractivity contribution is 5.94. The van der Waals surface area contributed by atoms with Gasteiger partial charge >= 0.3 is 0 Å². The second kappa shape index (κ2) is 7.68. The number of aryl methyl sites for hydroxylation is 1. The molecular weight excluding hydrogens is 314 g/mol. The minimum atomic E-state index is -0.165. The van der Waals surface area contributed by atoms with Gasteiger partial charge in [-0.05, 0) is 49.4 Å². The molecule has 2 aromatic rings. The lowest BCUT2D eigenvalue weighted by molar-refractivity contribution is 0.0922. The first-order valence-corrected chi connectivity index (χ1v) is 9.06. The van der Waals surface area contributed by atoms with E-state index >= 15 is 0 Å². The van der Waals surface area contributed by atoms with E-state index in [-0.39, 0.29) is 17.9 Å². The second-order valence-corrected chi connectivity index (χ2v) is 7.03. The third-order valence-corrected chi connectivity index (χ3v) is 4.83. The molecule has 0 spiro atoms. The first kappa shape index (κ1) is 17.5. The molecule has 1 aromatic carbocycles. The lowest BCUT2D eigenvalue weighted by Crippen LogP contribution is -2.33. The van der Waals surface area contributed by atoms with Crippen LogP contribution in [-0.4, -0.2) is 33.8 Å². The second-order valence-electron chi connectivity index (χ2n) is 7.03. The van der Waals surface area contributed by atoms with E-state index in [1.54, 1.807) is 4.68 Å². The summed E-state index contributed by atoms with van der Waals surface area (Å²) in [6, 6.07) is 7.75. The minimum Gasteiger partial charge on any atom is -0.372 e. The maximum absolute atomic E-state index is 12.7. The molecular formula is C19H27N5O. The maximum atomic E-state index is 12.7. The van der Waals surface area contributed by atoms with Crippen LogP contribution in [0.25, 0.3) is 0 Å². The average molecular weight is 341 g/mol. The Bertz CT molecular complexity index is 701. The summed E-state index contributed by atoms with van der Waals surface area (Å²) in [7, 11) is 1.84. The third kappa shape index (κ3) is 4.00. The SMILES string of the molecule is CC(C)[C@@H](NC(=O)c1ccc(N2CCCCC2)cc1)c1ncnn1C. The van der Waals surface area contributed by atoms with Crippen molar-refractivity contribution < 1.29 is 4.79 Å². The van der Waals surface area contributed by atoms with Crippen LogP contribution in [0.15, 0.2) is 30.6 Å². The Kier molecular flexibility index (Phi) is 5.36. The molecule has 1 N–H and O–H groups in total. The fraction of sp³-hybridized carbons (Fsp3) is 0.526. The monoisotopic (exact) mass is 341 g/mol. The van der Waals surface area contributed by atoms with E-state index in [4.69, 9.17) is 0 Å². The molecule has 0 saturated carbocycles. The number of hydrogen-bond donors (Lipinski definition) is 1. The molecule has 3 rings (SSSR count). The molecule has 1 amide bonds. The molecule has 25 heavy (non-hydrogen) atoms. The molecule has 6 heteroatoms. The van der Waals surface area contributed by atoms with Crippen LogP contribution in [0.1, 0.15) is 55.3 Å². The van der Waals surface area contributed by atoms with Gasteiger partial charge in [-0.3, -0.25) is 9.48 Å². The van der Waals surface area contributed by atoms with Crippen LogP contribution in [0.2, 0.25) is 0 Å². The van der Waals surface area contributed by atoms with Gasteiger partial charge in [-0.1, -0.05) is 13.8 Å². The molecule has 0 bridgehead atoms. The Labute approximate surface area is 149 Å². The van der Waals surface area contributed by atoms with Gasteiger partial charge in [-0.15, -0.1) is 0 Å². The van der Waals surface area contributed by atoms with Gasteiger partial charge in [0.2, 0.25) is 0 Å². The summed E-state index contributed by atoms with van der Waals surface area (Å²) in [5.74, 6) is 0.916. The highest BCUT2D eigenvalue weighted by Crippen LogP contribution is 2.22. The number of carbonyl (C=O) groups is 1. The van der Waals surface area contributed by atoms with Crippen molar-refractivity contribution in [3.8, 4) is 0 Å². The predicted octanol–water partition coefficient (Wildman–Crippen LogP) is 2.93. The quantitative estimate of drug-likeness (QED) is 0.908. The van der Waals surface area contributed by atoms with Crippen molar-refractivity contribution in [2.75, 3.05) is 18.0 Å².